The lowest BCUT2D eigenvalue weighted by Gasteiger charge is -2.30. The highest BCUT2D eigenvalue weighted by atomic mass is 16.3. The third-order valence-electron chi connectivity index (χ3n) is 4.20. The van der Waals surface area contributed by atoms with Gasteiger partial charge in [-0.25, -0.2) is 0 Å². The first-order chi connectivity index (χ1) is 7.27. The van der Waals surface area contributed by atoms with Gasteiger partial charge in [0.25, 0.3) is 0 Å². The van der Waals surface area contributed by atoms with E-state index in [4.69, 9.17) is 0 Å². The molecule has 0 aromatic heterocycles. The number of aliphatic hydroxyl groups is 2. The van der Waals surface area contributed by atoms with Crippen LogP contribution >= 0.6 is 0 Å². The predicted molar refractivity (Wildman–Crippen MR) is 60.3 cm³/mol. The minimum absolute atomic E-state index is 0.206. The van der Waals surface area contributed by atoms with Crippen LogP contribution in [0.25, 0.3) is 0 Å². The molecule has 1 saturated carbocycles. The number of aliphatic hydroxyl groups excluding tert-OH is 2. The molecular weight excluding hydrogens is 188 g/mol. The van der Waals surface area contributed by atoms with Crippen LogP contribution in [0.15, 0.2) is 12.2 Å². The average molecular weight is 210 g/mol. The van der Waals surface area contributed by atoms with Crippen LogP contribution < -0.4 is 0 Å². The Hall–Kier alpha value is -0.340. The molecule has 0 unspecified atom stereocenters. The van der Waals surface area contributed by atoms with Gasteiger partial charge < -0.3 is 10.2 Å². The van der Waals surface area contributed by atoms with Crippen molar-refractivity contribution in [2.24, 2.45) is 23.7 Å². The van der Waals surface area contributed by atoms with Crippen molar-refractivity contribution in [3.8, 4) is 0 Å². The van der Waals surface area contributed by atoms with E-state index in [2.05, 4.69) is 19.1 Å². The molecule has 0 aromatic carbocycles. The molecular formula is C13H22O2. The van der Waals surface area contributed by atoms with Crippen LogP contribution in [0.3, 0.4) is 0 Å². The molecule has 0 aromatic rings. The van der Waals surface area contributed by atoms with Crippen molar-refractivity contribution in [1.82, 2.24) is 0 Å². The van der Waals surface area contributed by atoms with Crippen molar-refractivity contribution in [1.29, 1.82) is 0 Å². The molecule has 2 N–H and O–H groups in total. The Morgan fingerprint density at radius 1 is 1.33 bits per heavy atom. The van der Waals surface area contributed by atoms with E-state index in [1.54, 1.807) is 0 Å². The molecule has 0 saturated heterocycles. The number of hydrogen-bond donors (Lipinski definition) is 2. The Balaban J connectivity index is 1.98. The third-order valence-corrected chi connectivity index (χ3v) is 4.20. The molecule has 15 heavy (non-hydrogen) atoms. The topological polar surface area (TPSA) is 40.5 Å². The molecule has 0 radical (unpaired) electrons. The molecule has 0 spiro atoms. The SMILES string of the molecule is CCCC[C@H](O)[C@H]1[C@@H](CO)[C@H]2C=C[C@@H]1C2. The number of unbranched alkanes of at least 4 members (excludes halogenated alkanes) is 1. The second-order valence-electron chi connectivity index (χ2n) is 5.08. The maximum Gasteiger partial charge on any atom is 0.0577 e. The standard InChI is InChI=1S/C13H22O2/c1-2-3-4-12(15)13-10-6-5-9(7-10)11(13)8-14/h5-6,9-15H,2-4,7-8H2,1H3/t9-,10+,11-,12-,13+/m0/s1. The van der Waals surface area contributed by atoms with Crippen LogP contribution in [0.5, 0.6) is 0 Å². The largest absolute Gasteiger partial charge is 0.396 e. The van der Waals surface area contributed by atoms with Crippen molar-refractivity contribution < 1.29 is 10.2 Å². The Labute approximate surface area is 92.0 Å². The van der Waals surface area contributed by atoms with E-state index in [1.165, 1.54) is 0 Å². The summed E-state index contributed by atoms with van der Waals surface area (Å²) in [5.41, 5.74) is 0. The summed E-state index contributed by atoms with van der Waals surface area (Å²) in [6.45, 7) is 2.39. The maximum atomic E-state index is 10.2. The second kappa shape index (κ2) is 4.67. The summed E-state index contributed by atoms with van der Waals surface area (Å²) < 4.78 is 0. The summed E-state index contributed by atoms with van der Waals surface area (Å²) in [6.07, 6.45) is 8.55. The van der Waals surface area contributed by atoms with Gasteiger partial charge in [-0.3, -0.25) is 0 Å². The van der Waals surface area contributed by atoms with E-state index in [9.17, 15) is 10.2 Å². The summed E-state index contributed by atoms with van der Waals surface area (Å²) in [5, 5.41) is 19.5. The molecule has 86 valence electrons. The van der Waals surface area contributed by atoms with E-state index in [-0.39, 0.29) is 12.7 Å². The number of hydrogen-bond acceptors (Lipinski definition) is 2. The van der Waals surface area contributed by atoms with Crippen LogP contribution in [0, 0.1) is 23.7 Å². The minimum Gasteiger partial charge on any atom is -0.396 e. The van der Waals surface area contributed by atoms with Crippen molar-refractivity contribution in [2.75, 3.05) is 6.61 Å². The highest BCUT2D eigenvalue weighted by molar-refractivity contribution is 5.14. The lowest BCUT2D eigenvalue weighted by Crippen LogP contribution is -2.33. The second-order valence-corrected chi connectivity index (χ2v) is 5.08. The van der Waals surface area contributed by atoms with Crippen LogP contribution in [0.2, 0.25) is 0 Å². The molecule has 5 atom stereocenters. The average Bonchev–Trinajstić information content (AvgIpc) is 2.84. The van der Waals surface area contributed by atoms with Crippen LogP contribution in [0.4, 0.5) is 0 Å². The number of rotatable bonds is 5. The zero-order chi connectivity index (χ0) is 10.8. The van der Waals surface area contributed by atoms with E-state index in [0.717, 1.165) is 25.7 Å². The van der Waals surface area contributed by atoms with Gasteiger partial charge in [-0.2, -0.15) is 0 Å². The predicted octanol–water partition coefficient (Wildman–Crippen LogP) is 1.97. The molecule has 1 fully saturated rings. The van der Waals surface area contributed by atoms with E-state index < -0.39 is 0 Å². The fraction of sp³-hybridized carbons (Fsp3) is 0.846. The zero-order valence-corrected chi connectivity index (χ0v) is 9.47. The highest BCUT2D eigenvalue weighted by Crippen LogP contribution is 2.49. The normalized spacial score (nSPS) is 39.9. The molecule has 2 nitrogen and oxygen atoms in total. The molecule has 0 amide bonds. The summed E-state index contributed by atoms with van der Waals surface area (Å²) in [5.74, 6) is 1.68. The molecule has 2 aliphatic rings. The molecule has 0 aliphatic heterocycles. The van der Waals surface area contributed by atoms with Gasteiger partial charge in [0, 0.05) is 6.61 Å². The van der Waals surface area contributed by atoms with Crippen LogP contribution in [-0.4, -0.2) is 22.9 Å². The van der Waals surface area contributed by atoms with E-state index in [1.807, 2.05) is 0 Å². The van der Waals surface area contributed by atoms with Gasteiger partial charge in [0.1, 0.15) is 0 Å². The lowest BCUT2D eigenvalue weighted by atomic mass is 9.78. The highest BCUT2D eigenvalue weighted by Gasteiger charge is 2.46. The van der Waals surface area contributed by atoms with Crippen molar-refractivity contribution in [2.45, 2.75) is 38.7 Å². The quantitative estimate of drug-likeness (QED) is 0.681. The Bertz CT molecular complexity index is 237. The Morgan fingerprint density at radius 2 is 2.07 bits per heavy atom. The fourth-order valence-corrected chi connectivity index (χ4v) is 3.40. The monoisotopic (exact) mass is 210 g/mol. The molecule has 2 heteroatoms. The van der Waals surface area contributed by atoms with Gasteiger partial charge in [-0.05, 0) is 36.5 Å². The van der Waals surface area contributed by atoms with Gasteiger partial charge in [-0.15, -0.1) is 0 Å². The Morgan fingerprint density at radius 3 is 2.73 bits per heavy atom. The third kappa shape index (κ3) is 1.98. The molecule has 2 bridgehead atoms. The first kappa shape index (κ1) is 11.2. The summed E-state index contributed by atoms with van der Waals surface area (Å²) in [6, 6.07) is 0. The maximum absolute atomic E-state index is 10.2. The fourth-order valence-electron chi connectivity index (χ4n) is 3.40. The summed E-state index contributed by atoms with van der Waals surface area (Å²) in [4.78, 5) is 0. The molecule has 2 aliphatic carbocycles. The van der Waals surface area contributed by atoms with Crippen LogP contribution in [0.1, 0.15) is 32.6 Å². The molecule has 2 rings (SSSR count). The van der Waals surface area contributed by atoms with Gasteiger partial charge in [0.05, 0.1) is 6.10 Å². The summed E-state index contributed by atoms with van der Waals surface area (Å²) >= 11 is 0. The smallest absolute Gasteiger partial charge is 0.0577 e. The van der Waals surface area contributed by atoms with Crippen molar-refractivity contribution >= 4 is 0 Å². The number of allylic oxidation sites excluding steroid dienone is 2. The lowest BCUT2D eigenvalue weighted by molar-refractivity contribution is 0.0349. The molecule has 0 heterocycles. The minimum atomic E-state index is -0.206. The first-order valence-electron chi connectivity index (χ1n) is 6.25. The van der Waals surface area contributed by atoms with Gasteiger partial charge in [0.2, 0.25) is 0 Å². The summed E-state index contributed by atoms with van der Waals surface area (Å²) in [7, 11) is 0. The van der Waals surface area contributed by atoms with Crippen molar-refractivity contribution in [3.63, 3.8) is 0 Å². The van der Waals surface area contributed by atoms with Gasteiger partial charge >= 0.3 is 0 Å². The van der Waals surface area contributed by atoms with E-state index in [0.29, 0.717) is 23.7 Å². The van der Waals surface area contributed by atoms with Gasteiger partial charge in [-0.1, -0.05) is 31.9 Å². The number of fused-ring (bicyclic) bond motifs is 2. The van der Waals surface area contributed by atoms with E-state index >= 15 is 0 Å². The van der Waals surface area contributed by atoms with Crippen LogP contribution in [-0.2, 0) is 0 Å². The zero-order valence-electron chi connectivity index (χ0n) is 9.47. The van der Waals surface area contributed by atoms with Gasteiger partial charge in [0.15, 0.2) is 0 Å². The van der Waals surface area contributed by atoms with Crippen molar-refractivity contribution in [3.05, 3.63) is 12.2 Å². The first-order valence-corrected chi connectivity index (χ1v) is 6.25. The Kier molecular flexibility index (Phi) is 3.47.